The molecule has 0 atom stereocenters. The third-order valence-electron chi connectivity index (χ3n) is 12.8. The number of para-hydroxylation sites is 5. The van der Waals surface area contributed by atoms with Crippen LogP contribution >= 0.6 is 0 Å². The van der Waals surface area contributed by atoms with Crippen LogP contribution in [0, 0.1) is 18.5 Å². The molecule has 0 N–H and O–H groups in total. The van der Waals surface area contributed by atoms with Gasteiger partial charge in [-0.15, -0.1) is 5.39 Å². The average Bonchev–Trinajstić information content (AvgIpc) is 3.90. The number of imidazole rings is 1. The predicted molar refractivity (Wildman–Crippen MR) is 263 cm³/mol. The van der Waals surface area contributed by atoms with E-state index in [-0.39, 0.29) is 26.5 Å². The van der Waals surface area contributed by atoms with Gasteiger partial charge in [0.1, 0.15) is 11.6 Å². The molecule has 1 aliphatic rings. The SMILES string of the molecule is CC(C)(C)c1cc(N(B2c3ccccc3-c3ccccc3-c3cccc4c3[n+]2[c-]n4-c2[c-]cccc2)c2ccccc2-c2ccccc2)nc(-n2c3[c-]cccc3c3ccccc32)c1.[Pt]. The summed E-state index contributed by atoms with van der Waals surface area (Å²) in [6.07, 6.45) is 3.97. The first-order valence-corrected chi connectivity index (χ1v) is 21.9. The van der Waals surface area contributed by atoms with E-state index in [0.29, 0.717) is 0 Å². The van der Waals surface area contributed by atoms with Gasteiger partial charge in [-0.3, -0.25) is 0 Å². The second-order valence-electron chi connectivity index (χ2n) is 17.6. The number of fused-ring (bicyclic) bond motifs is 7. The van der Waals surface area contributed by atoms with Gasteiger partial charge in [0.05, 0.1) is 11.0 Å². The number of nitrogens with zero attached hydrogens (tertiary/aromatic N) is 5. The fourth-order valence-electron chi connectivity index (χ4n) is 9.78. The van der Waals surface area contributed by atoms with Crippen molar-refractivity contribution >= 4 is 56.8 Å². The summed E-state index contributed by atoms with van der Waals surface area (Å²) in [4.78, 5) is 8.33. The monoisotopic (exact) mass is 1010 g/mol. The normalized spacial score (nSPS) is 12.1. The molecule has 0 radical (unpaired) electrons. The van der Waals surface area contributed by atoms with Gasteiger partial charge in [-0.2, -0.15) is 54.6 Å². The minimum atomic E-state index is -0.483. The van der Waals surface area contributed by atoms with Crippen molar-refractivity contribution < 1.29 is 25.5 Å². The Labute approximate surface area is 394 Å². The van der Waals surface area contributed by atoms with E-state index in [9.17, 15) is 0 Å². The second-order valence-corrected chi connectivity index (χ2v) is 17.6. The first kappa shape index (κ1) is 40.5. The topological polar surface area (TPSA) is 29.9 Å². The molecule has 0 amide bonds. The molecule has 65 heavy (non-hydrogen) atoms. The third-order valence-corrected chi connectivity index (χ3v) is 12.8. The average molecular weight is 1010 g/mol. The van der Waals surface area contributed by atoms with Crippen molar-refractivity contribution in [3.8, 4) is 44.9 Å². The Balaban J connectivity index is 0.00000469. The van der Waals surface area contributed by atoms with Gasteiger partial charge in [0.25, 0.3) is 0 Å². The molecule has 0 saturated carbocycles. The van der Waals surface area contributed by atoms with Crippen molar-refractivity contribution in [2.24, 2.45) is 0 Å². The maximum atomic E-state index is 5.86. The summed E-state index contributed by atoms with van der Waals surface area (Å²) in [5, 5.41) is 2.31. The zero-order chi connectivity index (χ0) is 42.9. The number of hydrogen-bond acceptors (Lipinski definition) is 2. The van der Waals surface area contributed by atoms with Crippen molar-refractivity contribution in [3.63, 3.8) is 0 Å². The number of anilines is 2. The van der Waals surface area contributed by atoms with Gasteiger partial charge >= 0.3 is 6.98 Å². The summed E-state index contributed by atoms with van der Waals surface area (Å²) in [5.41, 5.74) is 15.0. The van der Waals surface area contributed by atoms with Gasteiger partial charge in [-0.05, 0) is 68.4 Å². The molecule has 0 saturated heterocycles. The molecule has 0 aliphatic carbocycles. The smallest absolute Gasteiger partial charge is 0.354 e. The molecular formula is C58H42BN5Pt-2. The number of hydrogen-bond donors (Lipinski definition) is 0. The van der Waals surface area contributed by atoms with Gasteiger partial charge in [0.2, 0.25) is 6.33 Å². The van der Waals surface area contributed by atoms with Crippen LogP contribution in [0.5, 0.6) is 0 Å². The van der Waals surface area contributed by atoms with Crippen LogP contribution in [0.15, 0.2) is 200 Å². The van der Waals surface area contributed by atoms with E-state index in [1.807, 2.05) is 18.2 Å². The van der Waals surface area contributed by atoms with E-state index >= 15 is 0 Å². The Kier molecular flexibility index (Phi) is 10.0. The molecule has 4 heterocycles. The predicted octanol–water partition coefficient (Wildman–Crippen LogP) is 12.5. The first-order chi connectivity index (χ1) is 31.4. The Morgan fingerprint density at radius 2 is 1.22 bits per heavy atom. The molecular weight excluding hydrogens is 973 g/mol. The summed E-state index contributed by atoms with van der Waals surface area (Å²) in [5.74, 6) is 1.64. The quantitative estimate of drug-likeness (QED) is 0.123. The zero-order valence-electron chi connectivity index (χ0n) is 36.2. The molecule has 0 unspecified atom stereocenters. The fourth-order valence-corrected chi connectivity index (χ4v) is 9.78. The van der Waals surface area contributed by atoms with Crippen molar-refractivity contribution in [2.45, 2.75) is 26.2 Å². The Bertz CT molecular complexity index is 3520. The Morgan fingerprint density at radius 3 is 2.02 bits per heavy atom. The van der Waals surface area contributed by atoms with Gasteiger partial charge in [-0.25, -0.2) is 4.98 Å². The van der Waals surface area contributed by atoms with Gasteiger partial charge in [0.15, 0.2) is 0 Å². The molecule has 3 aromatic heterocycles. The zero-order valence-corrected chi connectivity index (χ0v) is 38.5. The number of benzene rings is 8. The molecule has 8 aromatic carbocycles. The van der Waals surface area contributed by atoms with E-state index in [2.05, 4.69) is 240 Å². The van der Waals surface area contributed by atoms with Gasteiger partial charge in [-0.1, -0.05) is 165 Å². The van der Waals surface area contributed by atoms with E-state index in [0.717, 1.165) is 83.7 Å². The van der Waals surface area contributed by atoms with Crippen LogP contribution in [0.3, 0.4) is 0 Å². The van der Waals surface area contributed by atoms with Crippen molar-refractivity contribution in [2.75, 3.05) is 4.81 Å². The molecule has 7 heteroatoms. The minimum Gasteiger partial charge on any atom is -0.354 e. The number of aromatic nitrogens is 4. The maximum Gasteiger partial charge on any atom is 0.525 e. The van der Waals surface area contributed by atoms with Gasteiger partial charge in [0, 0.05) is 43.3 Å². The Morgan fingerprint density at radius 1 is 0.569 bits per heavy atom. The number of rotatable bonds is 6. The summed E-state index contributed by atoms with van der Waals surface area (Å²) in [6.45, 7) is 6.38. The maximum absolute atomic E-state index is 5.86. The first-order valence-electron chi connectivity index (χ1n) is 21.9. The van der Waals surface area contributed by atoms with E-state index in [4.69, 9.17) is 4.98 Å². The largest absolute Gasteiger partial charge is 0.525 e. The Hall–Kier alpha value is -7.27. The van der Waals surface area contributed by atoms with Crippen LogP contribution in [0.4, 0.5) is 11.5 Å². The summed E-state index contributed by atoms with van der Waals surface area (Å²) in [7, 11) is 0. The van der Waals surface area contributed by atoms with Crippen LogP contribution in [-0.4, -0.2) is 21.1 Å². The van der Waals surface area contributed by atoms with Crippen molar-refractivity contribution in [3.05, 3.63) is 224 Å². The van der Waals surface area contributed by atoms with Crippen molar-refractivity contribution in [1.29, 1.82) is 0 Å². The fraction of sp³-hybridized carbons (Fsp3) is 0.0690. The summed E-state index contributed by atoms with van der Waals surface area (Å²) >= 11 is 0. The molecule has 12 rings (SSSR count). The van der Waals surface area contributed by atoms with Crippen LogP contribution in [0.25, 0.3) is 77.7 Å². The van der Waals surface area contributed by atoms with Crippen LogP contribution < -0.4 is 14.8 Å². The molecule has 0 spiro atoms. The minimum absolute atomic E-state index is 0. The van der Waals surface area contributed by atoms with Crippen molar-refractivity contribution in [1.82, 2.24) is 14.1 Å². The van der Waals surface area contributed by atoms with E-state index in [1.54, 1.807) is 0 Å². The summed E-state index contributed by atoms with van der Waals surface area (Å²) < 4.78 is 6.82. The second kappa shape index (κ2) is 16.1. The van der Waals surface area contributed by atoms with E-state index < -0.39 is 6.98 Å². The standard InChI is InChI=1S/C58H42BN5.Pt/c1-58(2,3)41-37-55(63-51-33-17-14-29-47(51)48-30-15-18-34-52(48)63)60-56(38-41)64(53-35-19-13-25-43(53)40-21-6-4-7-22-40)59-50-32-16-12-28-46(50)44-26-10-11-27-45(44)49-31-20-36-54-57(49)62(59)39-61(54)42-23-8-5-9-24-42;/h4-23,25-33,35-38H,1-3H3;/q-2;. The third kappa shape index (κ3) is 6.66. The van der Waals surface area contributed by atoms with E-state index in [1.165, 1.54) is 16.5 Å². The molecule has 11 aromatic rings. The van der Waals surface area contributed by atoms with Crippen LogP contribution in [0.1, 0.15) is 26.3 Å². The summed E-state index contributed by atoms with van der Waals surface area (Å²) in [6, 6.07) is 78.6. The van der Waals surface area contributed by atoms with Crippen LogP contribution in [-0.2, 0) is 26.5 Å². The number of pyridine rings is 1. The molecule has 314 valence electrons. The molecule has 0 bridgehead atoms. The molecule has 5 nitrogen and oxygen atoms in total. The molecule has 1 aliphatic heterocycles. The van der Waals surface area contributed by atoms with Crippen LogP contribution in [0.2, 0.25) is 0 Å². The molecule has 0 fully saturated rings. The van der Waals surface area contributed by atoms with Gasteiger partial charge < -0.3 is 18.4 Å².